The molecule has 1 amide bonds. The average molecular weight is 447 g/mol. The maximum absolute atomic E-state index is 12.0. The molecule has 0 bridgehead atoms. The number of carbonyl (C=O) groups is 2. The molecule has 0 aliphatic rings. The molecule has 1 atom stereocenters. The topological polar surface area (TPSA) is 75.6 Å². The number of nitrogens with one attached hydrogen (secondary N) is 1. The summed E-state index contributed by atoms with van der Waals surface area (Å²) in [5, 5.41) is 11.6. The van der Waals surface area contributed by atoms with E-state index in [1.54, 1.807) is 0 Å². The predicted molar refractivity (Wildman–Crippen MR) is 101 cm³/mol. The Morgan fingerprint density at radius 3 is 2.64 bits per heavy atom. The van der Waals surface area contributed by atoms with Crippen molar-refractivity contribution < 1.29 is 19.4 Å². The largest absolute Gasteiger partial charge is 0.481 e. The molecule has 0 radical (unpaired) electrons. The number of ether oxygens (including phenoxy) is 1. The Hall–Kier alpha value is -1.57. The van der Waals surface area contributed by atoms with Crippen LogP contribution in [0.2, 0.25) is 4.34 Å². The Morgan fingerprint density at radius 2 is 2.04 bits per heavy atom. The molecular weight excluding hydrogens is 430 g/mol. The quantitative estimate of drug-likeness (QED) is 0.607. The van der Waals surface area contributed by atoms with Gasteiger partial charge in [-0.3, -0.25) is 4.79 Å². The van der Waals surface area contributed by atoms with Crippen LogP contribution in [0.15, 0.2) is 40.9 Å². The highest BCUT2D eigenvalue weighted by atomic mass is 79.9. The van der Waals surface area contributed by atoms with E-state index >= 15 is 0 Å². The van der Waals surface area contributed by atoms with Gasteiger partial charge in [0.25, 0.3) is 0 Å². The van der Waals surface area contributed by atoms with E-state index in [1.807, 2.05) is 36.4 Å². The highest BCUT2D eigenvalue weighted by molar-refractivity contribution is 9.10. The first kappa shape index (κ1) is 19.8. The lowest BCUT2D eigenvalue weighted by Gasteiger charge is -2.17. The molecule has 1 unspecified atom stereocenters. The van der Waals surface area contributed by atoms with E-state index in [4.69, 9.17) is 21.4 Å². The minimum absolute atomic E-state index is 0.0378. The molecule has 2 N–H and O–H groups in total. The Morgan fingerprint density at radius 1 is 1.32 bits per heavy atom. The van der Waals surface area contributed by atoms with Gasteiger partial charge in [0.05, 0.1) is 0 Å². The molecule has 1 aromatic heterocycles. The zero-order chi connectivity index (χ0) is 18.2. The molecule has 0 aliphatic heterocycles. The predicted octanol–water partition coefficient (Wildman–Crippen LogP) is 4.87. The van der Waals surface area contributed by atoms with Gasteiger partial charge in [-0.05, 0) is 34.0 Å². The maximum atomic E-state index is 12.0. The summed E-state index contributed by atoms with van der Waals surface area (Å²) in [6.07, 6.45) is 0.192. The van der Waals surface area contributed by atoms with Gasteiger partial charge in [0.15, 0.2) is 0 Å². The van der Waals surface area contributed by atoms with Crippen molar-refractivity contribution in [2.75, 3.05) is 0 Å². The summed E-state index contributed by atoms with van der Waals surface area (Å²) in [7, 11) is 0. The van der Waals surface area contributed by atoms with E-state index in [0.717, 1.165) is 14.9 Å². The van der Waals surface area contributed by atoms with Crippen LogP contribution >= 0.6 is 38.9 Å². The second kappa shape index (κ2) is 9.79. The zero-order valence-corrected chi connectivity index (χ0v) is 16.4. The normalized spacial score (nSPS) is 11.8. The van der Waals surface area contributed by atoms with Gasteiger partial charge >= 0.3 is 12.1 Å². The molecule has 2 aromatic rings. The fraction of sp³-hybridized carbons (Fsp3) is 0.294. The molecule has 0 aliphatic carbocycles. The summed E-state index contributed by atoms with van der Waals surface area (Å²) in [5.74, 6) is -0.908. The number of alkyl carbamates (subject to hydrolysis) is 1. The van der Waals surface area contributed by atoms with E-state index in [9.17, 15) is 9.59 Å². The smallest absolute Gasteiger partial charge is 0.407 e. The fourth-order valence-electron chi connectivity index (χ4n) is 2.19. The lowest BCUT2D eigenvalue weighted by molar-refractivity contribution is -0.137. The van der Waals surface area contributed by atoms with Gasteiger partial charge in [-0.2, -0.15) is 0 Å². The summed E-state index contributed by atoms with van der Waals surface area (Å²) in [6.45, 7) is 0.161. The second-order valence-electron chi connectivity index (χ2n) is 5.37. The third-order valence-electron chi connectivity index (χ3n) is 3.39. The van der Waals surface area contributed by atoms with Gasteiger partial charge in [-0.25, -0.2) is 4.79 Å². The summed E-state index contributed by atoms with van der Waals surface area (Å²) in [6, 6.07) is 10.9. The van der Waals surface area contributed by atoms with Crippen molar-refractivity contribution in [3.63, 3.8) is 0 Å². The number of thiophene rings is 1. The van der Waals surface area contributed by atoms with Gasteiger partial charge in [-0.15, -0.1) is 11.3 Å². The number of carboxylic acids is 1. The van der Waals surface area contributed by atoms with Crippen LogP contribution in [0, 0.1) is 0 Å². The van der Waals surface area contributed by atoms with Gasteiger partial charge in [0, 0.05) is 28.2 Å². The third-order valence-corrected chi connectivity index (χ3v) is 5.88. The number of amides is 1. The Labute approximate surface area is 163 Å². The molecule has 0 saturated heterocycles. The Kier molecular flexibility index (Phi) is 7.74. The monoisotopic (exact) mass is 445 g/mol. The molecule has 2 rings (SSSR count). The first-order valence-electron chi connectivity index (χ1n) is 7.56. The molecule has 1 heterocycles. The SMILES string of the molecule is O=C(O)CCC(Cc1cc(Br)c(Cl)s1)NC(=O)OCc1ccccc1. The molecule has 25 heavy (non-hydrogen) atoms. The number of halogens is 2. The Balaban J connectivity index is 1.92. The number of benzene rings is 1. The van der Waals surface area contributed by atoms with Crippen LogP contribution < -0.4 is 5.32 Å². The summed E-state index contributed by atoms with van der Waals surface area (Å²) < 4.78 is 6.62. The van der Waals surface area contributed by atoms with E-state index in [1.165, 1.54) is 11.3 Å². The van der Waals surface area contributed by atoms with Crippen LogP contribution in [0.25, 0.3) is 0 Å². The lowest BCUT2D eigenvalue weighted by atomic mass is 10.1. The van der Waals surface area contributed by atoms with E-state index in [-0.39, 0.29) is 19.1 Å². The molecule has 0 spiro atoms. The first-order valence-corrected chi connectivity index (χ1v) is 9.55. The van der Waals surface area contributed by atoms with Crippen LogP contribution in [-0.2, 0) is 22.6 Å². The van der Waals surface area contributed by atoms with Crippen molar-refractivity contribution in [2.45, 2.75) is 31.9 Å². The third kappa shape index (κ3) is 7.05. The minimum Gasteiger partial charge on any atom is -0.481 e. The summed E-state index contributed by atoms with van der Waals surface area (Å²) in [4.78, 5) is 23.8. The number of carbonyl (C=O) groups excluding carboxylic acids is 1. The number of carboxylic acid groups (broad SMARTS) is 1. The zero-order valence-electron chi connectivity index (χ0n) is 13.2. The molecule has 134 valence electrons. The van der Waals surface area contributed by atoms with Gasteiger partial charge in [0.2, 0.25) is 0 Å². The molecule has 1 aromatic carbocycles. The standard InChI is InChI=1S/C17H17BrClNO4S/c18-14-9-13(25-16(14)19)8-12(6-7-15(21)22)20-17(23)24-10-11-4-2-1-3-5-11/h1-5,9,12H,6-8,10H2,(H,20,23)(H,21,22). The van der Waals surface area contributed by atoms with Crippen molar-refractivity contribution >= 4 is 50.9 Å². The van der Waals surface area contributed by atoms with Crippen molar-refractivity contribution in [1.29, 1.82) is 0 Å². The number of hydrogen-bond acceptors (Lipinski definition) is 4. The maximum Gasteiger partial charge on any atom is 0.407 e. The van der Waals surface area contributed by atoms with Crippen molar-refractivity contribution in [1.82, 2.24) is 5.32 Å². The first-order chi connectivity index (χ1) is 11.9. The highest BCUT2D eigenvalue weighted by Gasteiger charge is 2.17. The van der Waals surface area contributed by atoms with Crippen LogP contribution in [0.5, 0.6) is 0 Å². The fourth-order valence-corrected chi connectivity index (χ4v) is 4.06. The van der Waals surface area contributed by atoms with Crippen molar-refractivity contribution in [3.8, 4) is 0 Å². The molecule has 8 heteroatoms. The summed E-state index contributed by atoms with van der Waals surface area (Å²) >= 11 is 10.8. The van der Waals surface area contributed by atoms with Crippen LogP contribution in [0.3, 0.4) is 0 Å². The second-order valence-corrected chi connectivity index (χ2v) is 7.97. The van der Waals surface area contributed by atoms with E-state index in [2.05, 4.69) is 21.2 Å². The average Bonchev–Trinajstić information content (AvgIpc) is 2.89. The van der Waals surface area contributed by atoms with Crippen LogP contribution in [-0.4, -0.2) is 23.2 Å². The lowest BCUT2D eigenvalue weighted by Crippen LogP contribution is -2.37. The van der Waals surface area contributed by atoms with Crippen LogP contribution in [0.4, 0.5) is 4.79 Å². The van der Waals surface area contributed by atoms with Gasteiger partial charge < -0.3 is 15.2 Å². The minimum atomic E-state index is -0.908. The molecular formula is C17H17BrClNO4S. The van der Waals surface area contributed by atoms with E-state index < -0.39 is 12.1 Å². The van der Waals surface area contributed by atoms with E-state index in [0.29, 0.717) is 17.2 Å². The van der Waals surface area contributed by atoms with Crippen molar-refractivity contribution in [3.05, 3.63) is 55.6 Å². The van der Waals surface area contributed by atoms with Crippen molar-refractivity contribution in [2.24, 2.45) is 0 Å². The Bertz CT molecular complexity index is 703. The number of aliphatic carboxylic acids is 1. The van der Waals surface area contributed by atoms with Crippen LogP contribution in [0.1, 0.15) is 23.3 Å². The van der Waals surface area contributed by atoms with Gasteiger partial charge in [-0.1, -0.05) is 41.9 Å². The molecule has 5 nitrogen and oxygen atoms in total. The summed E-state index contributed by atoms with van der Waals surface area (Å²) in [5.41, 5.74) is 0.883. The molecule has 0 saturated carbocycles. The number of rotatable bonds is 8. The molecule has 0 fully saturated rings. The highest BCUT2D eigenvalue weighted by Crippen LogP contribution is 2.32. The number of hydrogen-bond donors (Lipinski definition) is 2. The van der Waals surface area contributed by atoms with Gasteiger partial charge in [0.1, 0.15) is 10.9 Å².